The monoisotopic (exact) mass is 276 g/mol. The molecule has 1 aromatic rings. The maximum atomic E-state index is 12.1. The Morgan fingerprint density at radius 2 is 1.95 bits per heavy atom. The lowest BCUT2D eigenvalue weighted by Crippen LogP contribution is -2.22. The van der Waals surface area contributed by atoms with Gasteiger partial charge in [0.1, 0.15) is 5.75 Å². The van der Waals surface area contributed by atoms with Crippen molar-refractivity contribution in [3.63, 3.8) is 0 Å². The molecule has 1 fully saturated rings. The maximum Gasteiger partial charge on any atom is 0.573 e. The molecule has 0 amide bonds. The van der Waals surface area contributed by atoms with Gasteiger partial charge in [0, 0.05) is 13.2 Å². The second kappa shape index (κ2) is 5.79. The van der Waals surface area contributed by atoms with Crippen molar-refractivity contribution < 1.29 is 27.8 Å². The van der Waals surface area contributed by atoms with Crippen LogP contribution in [0.3, 0.4) is 0 Å². The first kappa shape index (κ1) is 14.1. The van der Waals surface area contributed by atoms with Crippen LogP contribution < -0.4 is 4.74 Å². The van der Waals surface area contributed by atoms with Crippen molar-refractivity contribution in [2.75, 3.05) is 13.2 Å². The van der Waals surface area contributed by atoms with Crippen molar-refractivity contribution in [3.05, 3.63) is 29.8 Å². The number of hydrogen-bond donors (Lipinski definition) is 1. The lowest BCUT2D eigenvalue weighted by molar-refractivity contribution is -0.274. The highest BCUT2D eigenvalue weighted by atomic mass is 19.4. The molecular weight excluding hydrogens is 261 g/mol. The first-order valence-electron chi connectivity index (χ1n) is 6.07. The first-order valence-corrected chi connectivity index (χ1v) is 6.07. The van der Waals surface area contributed by atoms with Gasteiger partial charge >= 0.3 is 6.36 Å². The van der Waals surface area contributed by atoms with Gasteiger partial charge in [-0.1, -0.05) is 12.1 Å². The molecule has 1 aromatic carbocycles. The van der Waals surface area contributed by atoms with Crippen molar-refractivity contribution in [2.24, 2.45) is 5.92 Å². The van der Waals surface area contributed by atoms with Crippen LogP contribution in [0.4, 0.5) is 13.2 Å². The highest BCUT2D eigenvalue weighted by Crippen LogP contribution is 2.32. The Morgan fingerprint density at radius 1 is 1.26 bits per heavy atom. The zero-order chi connectivity index (χ0) is 13.9. The van der Waals surface area contributed by atoms with E-state index in [0.717, 1.165) is 0 Å². The largest absolute Gasteiger partial charge is 0.573 e. The van der Waals surface area contributed by atoms with Crippen molar-refractivity contribution in [1.82, 2.24) is 0 Å². The van der Waals surface area contributed by atoms with E-state index in [0.29, 0.717) is 31.6 Å². The van der Waals surface area contributed by atoms with Crippen LogP contribution in [0.15, 0.2) is 24.3 Å². The van der Waals surface area contributed by atoms with Gasteiger partial charge in [0.25, 0.3) is 0 Å². The van der Waals surface area contributed by atoms with Crippen molar-refractivity contribution in [3.8, 4) is 5.75 Å². The van der Waals surface area contributed by atoms with Gasteiger partial charge in [-0.3, -0.25) is 0 Å². The standard InChI is InChI=1S/C13H15F3O3/c14-13(15,16)19-11-3-1-2-10(8-11)12(17)9-4-6-18-7-5-9/h1-3,8-9,12,17H,4-7H2. The van der Waals surface area contributed by atoms with E-state index in [1.807, 2.05) is 0 Å². The van der Waals surface area contributed by atoms with Crippen molar-refractivity contribution >= 4 is 0 Å². The Kier molecular flexibility index (Phi) is 4.31. The highest BCUT2D eigenvalue weighted by molar-refractivity contribution is 5.30. The third-order valence-corrected chi connectivity index (χ3v) is 3.15. The Hall–Kier alpha value is -1.27. The predicted molar refractivity (Wildman–Crippen MR) is 61.6 cm³/mol. The van der Waals surface area contributed by atoms with E-state index in [9.17, 15) is 18.3 Å². The minimum atomic E-state index is -4.72. The average molecular weight is 276 g/mol. The molecular formula is C13H15F3O3. The van der Waals surface area contributed by atoms with E-state index >= 15 is 0 Å². The lowest BCUT2D eigenvalue weighted by atomic mass is 9.89. The van der Waals surface area contributed by atoms with Crippen molar-refractivity contribution in [2.45, 2.75) is 25.3 Å². The fraction of sp³-hybridized carbons (Fsp3) is 0.538. The van der Waals surface area contributed by atoms with E-state index in [1.165, 1.54) is 18.2 Å². The van der Waals surface area contributed by atoms with E-state index < -0.39 is 12.5 Å². The van der Waals surface area contributed by atoms with Gasteiger partial charge in [-0.2, -0.15) is 0 Å². The smallest absolute Gasteiger partial charge is 0.406 e. The van der Waals surface area contributed by atoms with Gasteiger partial charge in [-0.25, -0.2) is 0 Å². The number of rotatable bonds is 3. The molecule has 1 saturated heterocycles. The zero-order valence-corrected chi connectivity index (χ0v) is 10.2. The molecule has 3 nitrogen and oxygen atoms in total. The van der Waals surface area contributed by atoms with Gasteiger partial charge in [-0.05, 0) is 36.5 Å². The zero-order valence-electron chi connectivity index (χ0n) is 10.2. The molecule has 6 heteroatoms. The van der Waals surface area contributed by atoms with E-state index in [4.69, 9.17) is 4.74 Å². The number of alkyl halides is 3. The number of ether oxygens (including phenoxy) is 2. The van der Waals surface area contributed by atoms with E-state index in [-0.39, 0.29) is 11.7 Å². The molecule has 19 heavy (non-hydrogen) atoms. The highest BCUT2D eigenvalue weighted by Gasteiger charge is 2.31. The average Bonchev–Trinajstić information content (AvgIpc) is 2.37. The molecule has 0 aromatic heterocycles. The molecule has 0 aliphatic carbocycles. The fourth-order valence-corrected chi connectivity index (χ4v) is 2.20. The summed E-state index contributed by atoms with van der Waals surface area (Å²) in [5.41, 5.74) is 0.439. The summed E-state index contributed by atoms with van der Waals surface area (Å²) in [6.45, 7) is 1.14. The van der Waals surface area contributed by atoms with Crippen LogP contribution in [0.5, 0.6) is 5.75 Å². The van der Waals surface area contributed by atoms with Crippen LogP contribution in [0, 0.1) is 5.92 Å². The molecule has 0 spiro atoms. The number of halogens is 3. The van der Waals surface area contributed by atoms with Gasteiger partial charge < -0.3 is 14.6 Å². The molecule has 1 N–H and O–H groups in total. The molecule has 0 bridgehead atoms. The van der Waals surface area contributed by atoms with Crippen LogP contribution in [0.1, 0.15) is 24.5 Å². The van der Waals surface area contributed by atoms with Gasteiger partial charge in [0.15, 0.2) is 0 Å². The quantitative estimate of drug-likeness (QED) is 0.922. The number of benzene rings is 1. The predicted octanol–water partition coefficient (Wildman–Crippen LogP) is 3.05. The van der Waals surface area contributed by atoms with Gasteiger partial charge in [0.2, 0.25) is 0 Å². The SMILES string of the molecule is OC(c1cccc(OC(F)(F)F)c1)C1CCOCC1. The number of aliphatic hydroxyl groups is 1. The number of hydrogen-bond acceptors (Lipinski definition) is 3. The second-order valence-electron chi connectivity index (χ2n) is 4.51. The molecule has 0 radical (unpaired) electrons. The van der Waals surface area contributed by atoms with Gasteiger partial charge in [0.05, 0.1) is 6.10 Å². The summed E-state index contributed by atoms with van der Waals surface area (Å²) >= 11 is 0. The molecule has 1 atom stereocenters. The van der Waals surface area contributed by atoms with Crippen LogP contribution >= 0.6 is 0 Å². The molecule has 106 valence electrons. The fourth-order valence-electron chi connectivity index (χ4n) is 2.20. The summed E-state index contributed by atoms with van der Waals surface area (Å²) in [6.07, 6.45) is -4.11. The summed E-state index contributed by atoms with van der Waals surface area (Å²) in [5.74, 6) is -0.300. The minimum absolute atomic E-state index is 0.00915. The third-order valence-electron chi connectivity index (χ3n) is 3.15. The Labute approximate surface area is 108 Å². The van der Waals surface area contributed by atoms with Gasteiger partial charge in [-0.15, -0.1) is 13.2 Å². The molecule has 1 unspecified atom stereocenters. The summed E-state index contributed by atoms with van der Waals surface area (Å²) in [6, 6.07) is 5.49. The number of aliphatic hydroxyl groups excluding tert-OH is 1. The van der Waals surface area contributed by atoms with Crippen LogP contribution in [0.25, 0.3) is 0 Å². The molecule has 1 aliphatic rings. The minimum Gasteiger partial charge on any atom is -0.406 e. The Morgan fingerprint density at radius 3 is 2.58 bits per heavy atom. The van der Waals surface area contributed by atoms with Crippen LogP contribution in [0.2, 0.25) is 0 Å². The topological polar surface area (TPSA) is 38.7 Å². The van der Waals surface area contributed by atoms with E-state index in [2.05, 4.69) is 4.74 Å². The van der Waals surface area contributed by atoms with Crippen LogP contribution in [-0.2, 0) is 4.74 Å². The summed E-state index contributed by atoms with van der Waals surface area (Å²) in [5, 5.41) is 10.2. The molecule has 2 rings (SSSR count). The second-order valence-corrected chi connectivity index (χ2v) is 4.51. The van der Waals surface area contributed by atoms with Crippen LogP contribution in [-0.4, -0.2) is 24.7 Å². The molecule has 1 heterocycles. The third kappa shape index (κ3) is 4.11. The molecule has 0 saturated carbocycles. The Bertz CT molecular complexity index is 414. The first-order chi connectivity index (χ1) is 8.96. The normalized spacial score (nSPS) is 19.2. The molecule has 1 aliphatic heterocycles. The summed E-state index contributed by atoms with van der Waals surface area (Å²) in [4.78, 5) is 0. The maximum absolute atomic E-state index is 12.1. The summed E-state index contributed by atoms with van der Waals surface area (Å²) in [7, 11) is 0. The Balaban J connectivity index is 2.09. The lowest BCUT2D eigenvalue weighted by Gasteiger charge is -2.27. The van der Waals surface area contributed by atoms with E-state index in [1.54, 1.807) is 6.07 Å². The summed E-state index contributed by atoms with van der Waals surface area (Å²) < 4.78 is 45.4. The van der Waals surface area contributed by atoms with Crippen molar-refractivity contribution in [1.29, 1.82) is 0 Å².